The molecule has 1 fully saturated rings. The van der Waals surface area contributed by atoms with Crippen LogP contribution in [0.5, 0.6) is 5.75 Å². The number of anilines is 1. The Morgan fingerprint density at radius 3 is 2.63 bits per heavy atom. The first-order valence-corrected chi connectivity index (χ1v) is 11.1. The van der Waals surface area contributed by atoms with Crippen molar-refractivity contribution in [3.05, 3.63) is 65.3 Å². The van der Waals surface area contributed by atoms with E-state index in [4.69, 9.17) is 16.3 Å². The normalized spacial score (nSPS) is 15.3. The van der Waals surface area contributed by atoms with Crippen molar-refractivity contribution in [3.8, 4) is 5.75 Å². The van der Waals surface area contributed by atoms with Gasteiger partial charge in [0.1, 0.15) is 11.3 Å². The highest BCUT2D eigenvalue weighted by Gasteiger charge is 2.42. The molecule has 1 amide bonds. The van der Waals surface area contributed by atoms with E-state index in [1.165, 1.54) is 0 Å². The lowest BCUT2D eigenvalue weighted by Crippen LogP contribution is -2.38. The minimum absolute atomic E-state index is 0.0344. The number of carbonyl (C=O) groups excluding carboxylic acids is 1. The number of amides is 1. The molecule has 0 aliphatic heterocycles. The molecule has 30 heavy (non-hydrogen) atoms. The van der Waals surface area contributed by atoms with E-state index >= 15 is 0 Å². The predicted octanol–water partition coefficient (Wildman–Crippen LogP) is 6.52. The second-order valence-corrected chi connectivity index (χ2v) is 8.40. The maximum absolute atomic E-state index is 13.6. The van der Waals surface area contributed by atoms with Crippen molar-refractivity contribution in [1.29, 1.82) is 0 Å². The summed E-state index contributed by atoms with van der Waals surface area (Å²) in [7, 11) is 0. The number of pyridine rings is 1. The Bertz CT molecular complexity index is 1030. The number of fused-ring (bicyclic) bond motifs is 1. The van der Waals surface area contributed by atoms with Gasteiger partial charge in [-0.1, -0.05) is 49.9 Å². The molecule has 1 aliphatic rings. The molecule has 156 valence electrons. The van der Waals surface area contributed by atoms with Crippen LogP contribution in [0.4, 0.5) is 5.69 Å². The summed E-state index contributed by atoms with van der Waals surface area (Å²) in [6.07, 6.45) is 7.60. The molecule has 4 nitrogen and oxygen atoms in total. The number of hydrogen-bond acceptors (Lipinski definition) is 3. The van der Waals surface area contributed by atoms with Gasteiger partial charge in [0, 0.05) is 16.6 Å². The second-order valence-electron chi connectivity index (χ2n) is 7.96. The molecule has 1 heterocycles. The Morgan fingerprint density at radius 1 is 1.13 bits per heavy atom. The van der Waals surface area contributed by atoms with Crippen LogP contribution in [0.25, 0.3) is 10.9 Å². The first kappa shape index (κ1) is 20.7. The van der Waals surface area contributed by atoms with Gasteiger partial charge in [-0.15, -0.1) is 0 Å². The zero-order valence-corrected chi connectivity index (χ0v) is 18.0. The number of carbonyl (C=O) groups is 1. The Hall–Kier alpha value is -2.59. The van der Waals surface area contributed by atoms with Gasteiger partial charge in [-0.2, -0.15) is 0 Å². The third-order valence-electron chi connectivity index (χ3n) is 6.02. The number of benzene rings is 2. The summed E-state index contributed by atoms with van der Waals surface area (Å²) in [6.45, 7) is 2.80. The number of hydrogen-bond donors (Lipinski definition) is 1. The number of nitrogens with one attached hydrogen (secondary N) is 1. The van der Waals surface area contributed by atoms with Crippen molar-refractivity contribution in [1.82, 2.24) is 4.98 Å². The zero-order valence-electron chi connectivity index (χ0n) is 17.3. The number of halogens is 1. The highest BCUT2D eigenvalue weighted by atomic mass is 35.5. The average Bonchev–Trinajstić information content (AvgIpc) is 3.27. The fourth-order valence-corrected chi connectivity index (χ4v) is 4.46. The quantitative estimate of drug-likeness (QED) is 0.441. The summed E-state index contributed by atoms with van der Waals surface area (Å²) in [5.41, 5.74) is 2.06. The molecule has 1 N–H and O–H groups in total. The number of unbranched alkanes of at least 4 members (excludes halogenated alkanes) is 1. The molecule has 2 aromatic carbocycles. The summed E-state index contributed by atoms with van der Waals surface area (Å²) in [5.74, 6) is 0.789. The standard InChI is InChI=1S/C25H27ClN2O2/c1-2-3-17-30-22-13-12-21(20-7-6-16-27-23(20)22)28-24(29)25(14-4-5-15-25)18-8-10-19(26)11-9-18/h6-13,16H,2-5,14-15,17H2,1H3,(H,28,29). The summed E-state index contributed by atoms with van der Waals surface area (Å²) in [4.78, 5) is 18.1. The Balaban J connectivity index is 1.65. The minimum atomic E-state index is -0.518. The maximum Gasteiger partial charge on any atom is 0.235 e. The van der Waals surface area contributed by atoms with Gasteiger partial charge in [-0.25, -0.2) is 0 Å². The largest absolute Gasteiger partial charge is 0.491 e. The topological polar surface area (TPSA) is 51.2 Å². The van der Waals surface area contributed by atoms with Crippen LogP contribution in [-0.4, -0.2) is 17.5 Å². The van der Waals surface area contributed by atoms with Crippen LogP contribution in [0, 0.1) is 0 Å². The summed E-state index contributed by atoms with van der Waals surface area (Å²) in [6, 6.07) is 15.4. The molecule has 1 aromatic heterocycles. The van der Waals surface area contributed by atoms with Crippen LogP contribution in [0.1, 0.15) is 51.0 Å². The van der Waals surface area contributed by atoms with E-state index in [0.717, 1.165) is 66.4 Å². The van der Waals surface area contributed by atoms with Gasteiger partial charge < -0.3 is 10.1 Å². The van der Waals surface area contributed by atoms with Crippen LogP contribution in [-0.2, 0) is 10.2 Å². The van der Waals surface area contributed by atoms with Crippen molar-refractivity contribution < 1.29 is 9.53 Å². The highest BCUT2D eigenvalue weighted by Crippen LogP contribution is 2.43. The molecule has 1 aliphatic carbocycles. The van der Waals surface area contributed by atoms with Gasteiger partial charge >= 0.3 is 0 Å². The smallest absolute Gasteiger partial charge is 0.235 e. The molecule has 0 atom stereocenters. The van der Waals surface area contributed by atoms with Crippen molar-refractivity contribution in [2.75, 3.05) is 11.9 Å². The molecule has 3 aromatic rings. The highest BCUT2D eigenvalue weighted by molar-refractivity contribution is 6.30. The predicted molar refractivity (Wildman–Crippen MR) is 122 cm³/mol. The van der Waals surface area contributed by atoms with E-state index in [2.05, 4.69) is 17.2 Å². The van der Waals surface area contributed by atoms with E-state index in [1.54, 1.807) is 6.20 Å². The number of nitrogens with zero attached hydrogens (tertiary/aromatic N) is 1. The van der Waals surface area contributed by atoms with Crippen LogP contribution in [0.15, 0.2) is 54.7 Å². The monoisotopic (exact) mass is 422 g/mol. The van der Waals surface area contributed by atoms with Crippen LogP contribution < -0.4 is 10.1 Å². The van der Waals surface area contributed by atoms with Gasteiger partial charge in [0.25, 0.3) is 0 Å². The fraction of sp³-hybridized carbons (Fsp3) is 0.360. The van der Waals surface area contributed by atoms with E-state index < -0.39 is 5.41 Å². The maximum atomic E-state index is 13.6. The van der Waals surface area contributed by atoms with Gasteiger partial charge in [-0.3, -0.25) is 9.78 Å². The number of rotatable bonds is 7. The molecule has 1 saturated carbocycles. The third-order valence-corrected chi connectivity index (χ3v) is 6.28. The Labute approximate surface area is 182 Å². The average molecular weight is 423 g/mol. The number of ether oxygens (including phenoxy) is 1. The lowest BCUT2D eigenvalue weighted by molar-refractivity contribution is -0.121. The van der Waals surface area contributed by atoms with Gasteiger partial charge in [-0.05, 0) is 61.2 Å². The van der Waals surface area contributed by atoms with Crippen molar-refractivity contribution in [3.63, 3.8) is 0 Å². The van der Waals surface area contributed by atoms with Crippen LogP contribution in [0.2, 0.25) is 5.02 Å². The molecule has 4 rings (SSSR count). The van der Waals surface area contributed by atoms with E-state index in [-0.39, 0.29) is 5.91 Å². The zero-order chi connectivity index (χ0) is 21.0. The Kier molecular flexibility index (Phi) is 6.24. The summed E-state index contributed by atoms with van der Waals surface area (Å²) in [5, 5.41) is 4.78. The first-order chi connectivity index (χ1) is 14.6. The molecular weight excluding hydrogens is 396 g/mol. The molecule has 0 saturated heterocycles. The van der Waals surface area contributed by atoms with E-state index in [1.807, 2.05) is 48.5 Å². The molecule has 0 spiro atoms. The molecule has 0 bridgehead atoms. The molecule has 0 radical (unpaired) electrons. The van der Waals surface area contributed by atoms with Crippen molar-refractivity contribution >= 4 is 34.1 Å². The second kappa shape index (κ2) is 9.05. The molecular formula is C25H27ClN2O2. The molecule has 5 heteroatoms. The summed E-state index contributed by atoms with van der Waals surface area (Å²) >= 11 is 6.08. The summed E-state index contributed by atoms with van der Waals surface area (Å²) < 4.78 is 5.93. The van der Waals surface area contributed by atoms with Gasteiger partial charge in [0.2, 0.25) is 5.91 Å². The Morgan fingerprint density at radius 2 is 1.90 bits per heavy atom. The minimum Gasteiger partial charge on any atom is -0.491 e. The lowest BCUT2D eigenvalue weighted by Gasteiger charge is -2.28. The van der Waals surface area contributed by atoms with E-state index in [9.17, 15) is 4.79 Å². The van der Waals surface area contributed by atoms with Gasteiger partial charge in [0.05, 0.1) is 17.7 Å². The number of aromatic nitrogens is 1. The van der Waals surface area contributed by atoms with Crippen LogP contribution >= 0.6 is 11.6 Å². The first-order valence-electron chi connectivity index (χ1n) is 10.7. The SMILES string of the molecule is CCCCOc1ccc(NC(=O)C2(c3ccc(Cl)cc3)CCCC2)c2cccnc12. The molecule has 0 unspecified atom stereocenters. The third kappa shape index (κ3) is 4.01. The fourth-order valence-electron chi connectivity index (χ4n) is 4.33. The lowest BCUT2D eigenvalue weighted by atomic mass is 9.78. The van der Waals surface area contributed by atoms with E-state index in [0.29, 0.717) is 11.6 Å². The van der Waals surface area contributed by atoms with Gasteiger partial charge in [0.15, 0.2) is 0 Å². The van der Waals surface area contributed by atoms with Crippen LogP contribution in [0.3, 0.4) is 0 Å². The van der Waals surface area contributed by atoms with Crippen molar-refractivity contribution in [2.24, 2.45) is 0 Å². The van der Waals surface area contributed by atoms with Crippen molar-refractivity contribution in [2.45, 2.75) is 50.9 Å².